The van der Waals surface area contributed by atoms with Crippen LogP contribution in [0.15, 0.2) is 34.7 Å². The summed E-state index contributed by atoms with van der Waals surface area (Å²) < 4.78 is 16.5. The second-order valence-corrected chi connectivity index (χ2v) is 9.09. The first kappa shape index (κ1) is 22.7. The third-order valence-electron chi connectivity index (χ3n) is 5.05. The van der Waals surface area contributed by atoms with Crippen LogP contribution in [-0.4, -0.2) is 18.5 Å². The zero-order valence-electron chi connectivity index (χ0n) is 17.3. The van der Waals surface area contributed by atoms with Crippen LogP contribution in [0.4, 0.5) is 5.00 Å². The van der Waals surface area contributed by atoms with E-state index in [9.17, 15) is 9.59 Å². The predicted octanol–water partition coefficient (Wildman–Crippen LogP) is 6.53. The zero-order valence-corrected chi connectivity index (χ0v) is 19.7. The summed E-state index contributed by atoms with van der Waals surface area (Å²) in [6, 6.07) is 8.30. The van der Waals surface area contributed by atoms with Crippen molar-refractivity contribution < 1.29 is 23.5 Å². The molecule has 1 aliphatic carbocycles. The molecular weight excluding hydrogens is 473 g/mol. The standard InChI is InChI=1S/C23H21Cl2NO5S/c1-2-29-23(28)19-14-6-3-4-9-18(14)32-22(19)26-21(27)17-11-10-13(31-17)12-30-16-8-5-7-15(24)20(16)25/h5,7-8,10-11H,2-4,6,9,12H2,1H3,(H,26,27). The van der Waals surface area contributed by atoms with Gasteiger partial charge in [-0.3, -0.25) is 4.79 Å². The summed E-state index contributed by atoms with van der Waals surface area (Å²) in [7, 11) is 0. The second kappa shape index (κ2) is 9.98. The molecule has 1 aromatic carbocycles. The molecular formula is C23H21Cl2NO5S. The van der Waals surface area contributed by atoms with Gasteiger partial charge < -0.3 is 19.2 Å². The number of aryl methyl sites for hydroxylation is 1. The van der Waals surface area contributed by atoms with Crippen LogP contribution < -0.4 is 10.1 Å². The van der Waals surface area contributed by atoms with E-state index in [1.54, 1.807) is 37.3 Å². The van der Waals surface area contributed by atoms with Crippen molar-refractivity contribution in [3.63, 3.8) is 0 Å². The van der Waals surface area contributed by atoms with Gasteiger partial charge in [-0.05, 0) is 62.4 Å². The molecule has 0 unspecified atom stereocenters. The topological polar surface area (TPSA) is 77.8 Å². The van der Waals surface area contributed by atoms with Crippen molar-refractivity contribution >= 4 is 51.4 Å². The number of hydrogen-bond donors (Lipinski definition) is 1. The monoisotopic (exact) mass is 493 g/mol. The molecule has 0 fully saturated rings. The molecule has 0 aliphatic heterocycles. The van der Waals surface area contributed by atoms with Gasteiger partial charge in [-0.1, -0.05) is 29.3 Å². The number of furan rings is 1. The van der Waals surface area contributed by atoms with Crippen LogP contribution in [0, 0.1) is 0 Å². The van der Waals surface area contributed by atoms with Gasteiger partial charge in [0.2, 0.25) is 0 Å². The molecule has 4 rings (SSSR count). The molecule has 0 bridgehead atoms. The summed E-state index contributed by atoms with van der Waals surface area (Å²) in [6.07, 6.45) is 3.80. The molecule has 32 heavy (non-hydrogen) atoms. The van der Waals surface area contributed by atoms with Gasteiger partial charge in [-0.15, -0.1) is 11.3 Å². The van der Waals surface area contributed by atoms with Gasteiger partial charge in [0.05, 0.1) is 17.2 Å². The van der Waals surface area contributed by atoms with Crippen molar-refractivity contribution in [3.8, 4) is 5.75 Å². The van der Waals surface area contributed by atoms with E-state index in [0.717, 1.165) is 36.1 Å². The molecule has 2 heterocycles. The molecule has 0 spiro atoms. The number of carbonyl (C=O) groups excluding carboxylic acids is 2. The minimum absolute atomic E-state index is 0.0781. The van der Waals surface area contributed by atoms with Gasteiger partial charge in [-0.2, -0.15) is 0 Å². The lowest BCUT2D eigenvalue weighted by Gasteiger charge is -2.12. The molecule has 0 radical (unpaired) electrons. The molecule has 1 aliphatic rings. The Morgan fingerprint density at radius 2 is 1.97 bits per heavy atom. The van der Waals surface area contributed by atoms with E-state index in [1.165, 1.54) is 11.3 Å². The highest BCUT2D eigenvalue weighted by Crippen LogP contribution is 2.39. The average Bonchev–Trinajstić information content (AvgIpc) is 3.39. The van der Waals surface area contributed by atoms with Crippen molar-refractivity contribution in [1.82, 2.24) is 0 Å². The number of hydrogen-bond acceptors (Lipinski definition) is 6. The number of fused-ring (bicyclic) bond motifs is 1. The highest BCUT2D eigenvalue weighted by molar-refractivity contribution is 7.17. The largest absolute Gasteiger partial charge is 0.484 e. The van der Waals surface area contributed by atoms with Crippen molar-refractivity contribution in [2.24, 2.45) is 0 Å². The number of ether oxygens (including phenoxy) is 2. The molecule has 1 N–H and O–H groups in total. The normalized spacial score (nSPS) is 12.8. The number of carbonyl (C=O) groups is 2. The molecule has 1 amide bonds. The van der Waals surface area contributed by atoms with Crippen LogP contribution >= 0.6 is 34.5 Å². The van der Waals surface area contributed by atoms with E-state index in [4.69, 9.17) is 37.1 Å². The summed E-state index contributed by atoms with van der Waals surface area (Å²) in [5.41, 5.74) is 1.45. The molecule has 2 aromatic heterocycles. The summed E-state index contributed by atoms with van der Waals surface area (Å²) in [5.74, 6) is 0.129. The second-order valence-electron chi connectivity index (χ2n) is 7.20. The predicted molar refractivity (Wildman–Crippen MR) is 124 cm³/mol. The Kier molecular flexibility index (Phi) is 7.08. The highest BCUT2D eigenvalue weighted by Gasteiger charge is 2.28. The molecule has 168 valence electrons. The number of benzene rings is 1. The maximum Gasteiger partial charge on any atom is 0.341 e. The zero-order chi connectivity index (χ0) is 22.7. The summed E-state index contributed by atoms with van der Waals surface area (Å²) in [4.78, 5) is 26.5. The number of amides is 1. The first-order valence-corrected chi connectivity index (χ1v) is 11.8. The number of anilines is 1. The lowest BCUT2D eigenvalue weighted by molar-refractivity contribution is 0.0526. The lowest BCUT2D eigenvalue weighted by Crippen LogP contribution is -2.15. The van der Waals surface area contributed by atoms with Crippen molar-refractivity contribution in [2.45, 2.75) is 39.2 Å². The van der Waals surface area contributed by atoms with E-state index in [1.807, 2.05) is 0 Å². The van der Waals surface area contributed by atoms with E-state index in [-0.39, 0.29) is 19.0 Å². The average molecular weight is 494 g/mol. The minimum Gasteiger partial charge on any atom is -0.484 e. The fourth-order valence-electron chi connectivity index (χ4n) is 3.56. The molecule has 6 nitrogen and oxygen atoms in total. The van der Waals surface area contributed by atoms with Gasteiger partial charge in [0.15, 0.2) is 5.76 Å². The Morgan fingerprint density at radius 1 is 1.16 bits per heavy atom. The van der Waals surface area contributed by atoms with Crippen molar-refractivity contribution in [3.05, 3.63) is 67.9 Å². The van der Waals surface area contributed by atoms with Crippen LogP contribution in [0.25, 0.3) is 0 Å². The van der Waals surface area contributed by atoms with Gasteiger partial charge >= 0.3 is 5.97 Å². The number of rotatable bonds is 7. The Balaban J connectivity index is 1.48. The molecule has 0 saturated heterocycles. The third-order valence-corrected chi connectivity index (χ3v) is 7.06. The fraction of sp³-hybridized carbons (Fsp3) is 0.304. The molecule has 0 atom stereocenters. The van der Waals surface area contributed by atoms with Gasteiger partial charge in [0.25, 0.3) is 5.91 Å². The first-order valence-electron chi connectivity index (χ1n) is 10.3. The Morgan fingerprint density at radius 3 is 2.78 bits per heavy atom. The quantitative estimate of drug-likeness (QED) is 0.378. The Labute approximate surface area is 199 Å². The van der Waals surface area contributed by atoms with Crippen LogP contribution in [0.5, 0.6) is 5.75 Å². The van der Waals surface area contributed by atoms with Crippen LogP contribution in [0.3, 0.4) is 0 Å². The van der Waals surface area contributed by atoms with Crippen LogP contribution in [-0.2, 0) is 24.2 Å². The lowest BCUT2D eigenvalue weighted by atomic mass is 9.95. The number of thiophene rings is 1. The summed E-state index contributed by atoms with van der Waals surface area (Å²) in [6.45, 7) is 2.11. The number of esters is 1. The van der Waals surface area contributed by atoms with E-state index in [0.29, 0.717) is 32.1 Å². The summed E-state index contributed by atoms with van der Waals surface area (Å²) >= 11 is 13.5. The van der Waals surface area contributed by atoms with Crippen molar-refractivity contribution in [2.75, 3.05) is 11.9 Å². The Bertz CT molecular complexity index is 1150. The van der Waals surface area contributed by atoms with Crippen molar-refractivity contribution in [1.29, 1.82) is 0 Å². The maximum atomic E-state index is 12.8. The van der Waals surface area contributed by atoms with Gasteiger partial charge in [0, 0.05) is 4.88 Å². The highest BCUT2D eigenvalue weighted by atomic mass is 35.5. The van der Waals surface area contributed by atoms with E-state index < -0.39 is 11.9 Å². The summed E-state index contributed by atoms with van der Waals surface area (Å²) in [5, 5.41) is 4.03. The van der Waals surface area contributed by atoms with Gasteiger partial charge in [0.1, 0.15) is 28.1 Å². The maximum absolute atomic E-state index is 12.8. The molecule has 3 aromatic rings. The molecule has 9 heteroatoms. The first-order chi connectivity index (χ1) is 15.5. The van der Waals surface area contributed by atoms with Crippen LogP contribution in [0.1, 0.15) is 56.9 Å². The molecule has 0 saturated carbocycles. The van der Waals surface area contributed by atoms with E-state index in [2.05, 4.69) is 5.32 Å². The van der Waals surface area contributed by atoms with Gasteiger partial charge in [-0.25, -0.2) is 4.79 Å². The number of nitrogens with one attached hydrogen (secondary N) is 1. The smallest absolute Gasteiger partial charge is 0.341 e. The SMILES string of the molecule is CCOC(=O)c1c(NC(=O)c2ccc(COc3cccc(Cl)c3Cl)o2)sc2c1CCCC2. The van der Waals surface area contributed by atoms with E-state index >= 15 is 0 Å². The fourth-order valence-corrected chi connectivity index (χ4v) is 5.18. The third kappa shape index (κ3) is 4.80. The number of halogens is 2. The van der Waals surface area contributed by atoms with Crippen LogP contribution in [0.2, 0.25) is 10.0 Å². The Hall–Kier alpha value is -2.48. The minimum atomic E-state index is -0.443.